The Morgan fingerprint density at radius 3 is 3.10 bits per heavy atom. The van der Waals surface area contributed by atoms with Crippen molar-refractivity contribution in [1.82, 2.24) is 9.97 Å². The molecule has 1 unspecified atom stereocenters. The first-order valence-corrected chi connectivity index (χ1v) is 7.78. The number of benzene rings is 1. The summed E-state index contributed by atoms with van der Waals surface area (Å²) in [4.78, 5) is 19.6. The number of ether oxygens (including phenoxy) is 2. The fourth-order valence-corrected chi connectivity index (χ4v) is 2.96. The first-order valence-electron chi connectivity index (χ1n) is 6.70. The first kappa shape index (κ1) is 14.5. The van der Waals surface area contributed by atoms with E-state index in [9.17, 15) is 4.79 Å². The van der Waals surface area contributed by atoms with Crippen LogP contribution in [0.3, 0.4) is 0 Å². The molecule has 0 saturated carbocycles. The van der Waals surface area contributed by atoms with Crippen LogP contribution in [0.1, 0.15) is 29.4 Å². The molecule has 0 saturated heterocycles. The molecule has 1 aliphatic heterocycles. The summed E-state index contributed by atoms with van der Waals surface area (Å²) in [5, 5.41) is 0. The number of aromatic nitrogens is 2. The molecular formula is C15H15IN2O3. The molecule has 0 spiro atoms. The lowest BCUT2D eigenvalue weighted by Gasteiger charge is -2.25. The van der Waals surface area contributed by atoms with E-state index in [2.05, 4.69) is 9.97 Å². The number of nitrogens with one attached hydrogen (secondary N) is 1. The van der Waals surface area contributed by atoms with Crippen LogP contribution in [0.2, 0.25) is 0 Å². The molecule has 0 fully saturated rings. The lowest BCUT2D eigenvalue weighted by Crippen LogP contribution is -2.24. The zero-order valence-corrected chi connectivity index (χ0v) is 13.7. The SMILES string of the molecule is COCc1nc(C2CCOc3ccccc32)[nH]c(=O)c1I. The third-order valence-electron chi connectivity index (χ3n) is 3.52. The fraction of sp³-hybridized carbons (Fsp3) is 0.333. The number of methoxy groups -OCH3 is 1. The van der Waals surface area contributed by atoms with E-state index in [1.54, 1.807) is 7.11 Å². The predicted octanol–water partition coefficient (Wildman–Crippen LogP) is 2.44. The maximum atomic E-state index is 12.1. The van der Waals surface area contributed by atoms with Crippen molar-refractivity contribution in [2.45, 2.75) is 18.9 Å². The number of rotatable bonds is 3. The second-order valence-corrected chi connectivity index (χ2v) is 5.95. The minimum atomic E-state index is -0.114. The van der Waals surface area contributed by atoms with E-state index in [0.29, 0.717) is 28.3 Å². The molecule has 0 bridgehead atoms. The zero-order chi connectivity index (χ0) is 14.8. The Bertz CT molecular complexity index is 714. The summed E-state index contributed by atoms with van der Waals surface area (Å²) in [6.07, 6.45) is 0.799. The summed E-state index contributed by atoms with van der Waals surface area (Å²) in [5.41, 5.74) is 1.63. The molecule has 5 nitrogen and oxygen atoms in total. The highest BCUT2D eigenvalue weighted by Crippen LogP contribution is 2.36. The molecule has 2 aromatic rings. The number of nitrogens with zero attached hydrogens (tertiary/aromatic N) is 1. The van der Waals surface area contributed by atoms with E-state index in [-0.39, 0.29) is 11.5 Å². The molecule has 0 amide bonds. The smallest absolute Gasteiger partial charge is 0.264 e. The Kier molecular flexibility index (Phi) is 4.25. The lowest BCUT2D eigenvalue weighted by molar-refractivity contribution is 0.180. The number of H-pyrrole nitrogens is 1. The van der Waals surface area contributed by atoms with Gasteiger partial charge in [-0.15, -0.1) is 0 Å². The number of hydrogen-bond acceptors (Lipinski definition) is 4. The summed E-state index contributed by atoms with van der Waals surface area (Å²) in [6, 6.07) is 7.89. The Labute approximate surface area is 135 Å². The Hall–Kier alpha value is -1.41. The van der Waals surface area contributed by atoms with E-state index in [1.165, 1.54) is 0 Å². The van der Waals surface area contributed by atoms with Crippen LogP contribution in [-0.2, 0) is 11.3 Å². The van der Waals surface area contributed by atoms with Crippen molar-refractivity contribution in [3.05, 3.63) is 55.3 Å². The normalized spacial score (nSPS) is 17.1. The van der Waals surface area contributed by atoms with Crippen LogP contribution in [0, 0.1) is 3.57 Å². The standard InChI is InChI=1S/C15H15IN2O3/c1-20-8-11-13(16)15(19)18-14(17-11)10-6-7-21-12-5-3-2-4-9(10)12/h2-5,10H,6-8H2,1H3,(H,17,18,19). The maximum Gasteiger partial charge on any atom is 0.264 e. The van der Waals surface area contributed by atoms with Gasteiger partial charge in [-0.2, -0.15) is 0 Å². The van der Waals surface area contributed by atoms with Gasteiger partial charge in [-0.25, -0.2) is 4.98 Å². The van der Waals surface area contributed by atoms with Gasteiger partial charge in [-0.3, -0.25) is 4.79 Å². The number of fused-ring (bicyclic) bond motifs is 1. The van der Waals surface area contributed by atoms with Gasteiger partial charge >= 0.3 is 0 Å². The predicted molar refractivity (Wildman–Crippen MR) is 86.7 cm³/mol. The summed E-state index contributed by atoms with van der Waals surface area (Å²) in [7, 11) is 1.60. The third kappa shape index (κ3) is 2.82. The maximum absolute atomic E-state index is 12.1. The van der Waals surface area contributed by atoms with Gasteiger partial charge in [0.2, 0.25) is 0 Å². The van der Waals surface area contributed by atoms with Crippen LogP contribution >= 0.6 is 22.6 Å². The zero-order valence-electron chi connectivity index (χ0n) is 11.6. The molecule has 1 N–H and O–H groups in total. The van der Waals surface area contributed by atoms with E-state index >= 15 is 0 Å². The molecule has 6 heteroatoms. The van der Waals surface area contributed by atoms with Crippen molar-refractivity contribution in [1.29, 1.82) is 0 Å². The third-order valence-corrected chi connectivity index (χ3v) is 4.63. The molecule has 0 aliphatic carbocycles. The van der Waals surface area contributed by atoms with Gasteiger partial charge in [0.15, 0.2) is 0 Å². The average molecular weight is 398 g/mol. The molecule has 1 atom stereocenters. The number of halogens is 1. The Morgan fingerprint density at radius 1 is 1.48 bits per heavy atom. The van der Waals surface area contributed by atoms with E-state index in [4.69, 9.17) is 9.47 Å². The van der Waals surface area contributed by atoms with Crippen LogP contribution in [0.5, 0.6) is 5.75 Å². The van der Waals surface area contributed by atoms with Crippen molar-refractivity contribution >= 4 is 22.6 Å². The van der Waals surface area contributed by atoms with Gasteiger partial charge < -0.3 is 14.5 Å². The quantitative estimate of drug-likeness (QED) is 0.807. The number of para-hydroxylation sites is 1. The minimum absolute atomic E-state index is 0.0512. The van der Waals surface area contributed by atoms with E-state index in [1.807, 2.05) is 46.9 Å². The summed E-state index contributed by atoms with van der Waals surface area (Å²) in [6.45, 7) is 0.955. The molecule has 1 aromatic heterocycles. The fourth-order valence-electron chi connectivity index (χ4n) is 2.55. The van der Waals surface area contributed by atoms with Crippen LogP contribution < -0.4 is 10.3 Å². The van der Waals surface area contributed by atoms with Gasteiger partial charge in [0.05, 0.1) is 18.9 Å². The first-order chi connectivity index (χ1) is 10.2. The molecule has 2 heterocycles. The highest BCUT2D eigenvalue weighted by molar-refractivity contribution is 14.1. The van der Waals surface area contributed by atoms with Crippen LogP contribution in [0.4, 0.5) is 0 Å². The topological polar surface area (TPSA) is 64.2 Å². The molecule has 110 valence electrons. The van der Waals surface area contributed by atoms with Gasteiger partial charge in [0.1, 0.15) is 15.1 Å². The summed E-state index contributed by atoms with van der Waals surface area (Å²) in [5.74, 6) is 1.60. The second-order valence-electron chi connectivity index (χ2n) is 4.87. The van der Waals surface area contributed by atoms with Gasteiger partial charge in [0.25, 0.3) is 5.56 Å². The summed E-state index contributed by atoms with van der Waals surface area (Å²) >= 11 is 2.00. The van der Waals surface area contributed by atoms with Crippen molar-refractivity contribution in [3.8, 4) is 5.75 Å². The summed E-state index contributed by atoms with van der Waals surface area (Å²) < 4.78 is 11.4. The van der Waals surface area contributed by atoms with Crippen molar-refractivity contribution in [2.24, 2.45) is 0 Å². The van der Waals surface area contributed by atoms with Crippen molar-refractivity contribution < 1.29 is 9.47 Å². The molecule has 21 heavy (non-hydrogen) atoms. The number of hydrogen-bond donors (Lipinski definition) is 1. The largest absolute Gasteiger partial charge is 0.493 e. The van der Waals surface area contributed by atoms with Gasteiger partial charge in [-0.05, 0) is 35.1 Å². The van der Waals surface area contributed by atoms with E-state index < -0.39 is 0 Å². The van der Waals surface area contributed by atoms with Crippen LogP contribution in [0.25, 0.3) is 0 Å². The average Bonchev–Trinajstić information content (AvgIpc) is 2.51. The van der Waals surface area contributed by atoms with Gasteiger partial charge in [-0.1, -0.05) is 18.2 Å². The lowest BCUT2D eigenvalue weighted by atomic mass is 9.92. The van der Waals surface area contributed by atoms with Gasteiger partial charge in [0, 0.05) is 18.6 Å². The molecular weight excluding hydrogens is 383 g/mol. The van der Waals surface area contributed by atoms with Crippen LogP contribution in [0.15, 0.2) is 29.1 Å². The van der Waals surface area contributed by atoms with Crippen molar-refractivity contribution in [3.63, 3.8) is 0 Å². The molecule has 3 rings (SSSR count). The van der Waals surface area contributed by atoms with Crippen molar-refractivity contribution in [2.75, 3.05) is 13.7 Å². The highest BCUT2D eigenvalue weighted by Gasteiger charge is 2.25. The second kappa shape index (κ2) is 6.15. The Balaban J connectivity index is 2.08. The number of aromatic amines is 1. The molecule has 1 aliphatic rings. The molecule has 1 aromatic carbocycles. The van der Waals surface area contributed by atoms with Crippen LogP contribution in [-0.4, -0.2) is 23.7 Å². The molecule has 0 radical (unpaired) electrons. The Morgan fingerprint density at radius 2 is 2.29 bits per heavy atom. The minimum Gasteiger partial charge on any atom is -0.493 e. The van der Waals surface area contributed by atoms with E-state index in [0.717, 1.165) is 17.7 Å². The highest BCUT2D eigenvalue weighted by atomic mass is 127. The monoisotopic (exact) mass is 398 g/mol.